The molecule has 0 aliphatic carbocycles. The van der Waals surface area contributed by atoms with Gasteiger partial charge in [-0.3, -0.25) is 19.5 Å². The van der Waals surface area contributed by atoms with Gasteiger partial charge in [0.05, 0.1) is 12.6 Å². The lowest BCUT2D eigenvalue weighted by Crippen LogP contribution is -2.51. The average Bonchev–Trinajstić information content (AvgIpc) is 3.17. The summed E-state index contributed by atoms with van der Waals surface area (Å²) in [5.74, 6) is -0.105. The molecule has 0 spiro atoms. The molecule has 2 aromatic rings. The summed E-state index contributed by atoms with van der Waals surface area (Å²) in [6.07, 6.45) is 0. The third-order valence-electron chi connectivity index (χ3n) is 5.52. The van der Waals surface area contributed by atoms with E-state index < -0.39 is 0 Å². The van der Waals surface area contributed by atoms with Crippen LogP contribution in [0.1, 0.15) is 17.2 Å². The normalized spacial score (nSPS) is 18.5. The molecule has 0 aromatic heterocycles. The number of urea groups is 1. The number of imide groups is 1. The van der Waals surface area contributed by atoms with Crippen molar-refractivity contribution >= 4 is 11.9 Å². The molecule has 28 heavy (non-hydrogen) atoms. The number of rotatable bonds is 5. The smallest absolute Gasteiger partial charge is 0.324 e. The fraction of sp³-hybridized carbons (Fsp3) is 0.364. The third kappa shape index (κ3) is 4.08. The van der Waals surface area contributed by atoms with E-state index in [-0.39, 0.29) is 18.0 Å². The standard InChI is InChI=1S/C22H26N4O2/c27-20(26-12-11-23-22(26)28)17-24-13-15-25(16-14-24)21(18-7-3-1-4-8-18)19-9-5-2-6-10-19/h1-10,21H,11-17H2,(H,23,28). The van der Waals surface area contributed by atoms with Crippen LogP contribution in [0.3, 0.4) is 0 Å². The summed E-state index contributed by atoms with van der Waals surface area (Å²) in [5.41, 5.74) is 2.57. The SMILES string of the molecule is O=C(CN1CCN(C(c2ccccc2)c2ccccc2)CC1)N1CCNC1=O. The average molecular weight is 378 g/mol. The van der Waals surface area contributed by atoms with Gasteiger partial charge in [0.15, 0.2) is 0 Å². The molecular formula is C22H26N4O2. The number of hydrogen-bond donors (Lipinski definition) is 1. The minimum atomic E-state index is -0.267. The van der Waals surface area contributed by atoms with E-state index in [4.69, 9.17) is 0 Å². The number of piperazine rings is 1. The molecular weight excluding hydrogens is 352 g/mol. The maximum atomic E-state index is 12.4. The molecule has 2 aromatic carbocycles. The van der Waals surface area contributed by atoms with E-state index in [0.29, 0.717) is 19.6 Å². The Morgan fingerprint density at radius 3 is 1.93 bits per heavy atom. The van der Waals surface area contributed by atoms with Gasteiger partial charge in [-0.2, -0.15) is 0 Å². The van der Waals surface area contributed by atoms with Gasteiger partial charge >= 0.3 is 6.03 Å². The predicted molar refractivity (Wildman–Crippen MR) is 108 cm³/mol. The molecule has 1 N–H and O–H groups in total. The monoisotopic (exact) mass is 378 g/mol. The Labute approximate surface area is 165 Å². The van der Waals surface area contributed by atoms with Crippen LogP contribution in [-0.4, -0.2) is 72.5 Å². The van der Waals surface area contributed by atoms with E-state index in [1.807, 2.05) is 12.1 Å². The van der Waals surface area contributed by atoms with Crippen molar-refractivity contribution in [3.05, 3.63) is 71.8 Å². The van der Waals surface area contributed by atoms with Crippen LogP contribution in [0.25, 0.3) is 0 Å². The minimum absolute atomic E-state index is 0.105. The van der Waals surface area contributed by atoms with Crippen LogP contribution in [0.5, 0.6) is 0 Å². The molecule has 6 heteroatoms. The van der Waals surface area contributed by atoms with Gasteiger partial charge in [-0.25, -0.2) is 4.79 Å². The quantitative estimate of drug-likeness (QED) is 0.864. The van der Waals surface area contributed by atoms with Crippen molar-refractivity contribution in [2.45, 2.75) is 6.04 Å². The van der Waals surface area contributed by atoms with Crippen LogP contribution in [0, 0.1) is 0 Å². The number of carbonyl (C=O) groups is 2. The molecule has 146 valence electrons. The first-order chi connectivity index (χ1) is 13.7. The van der Waals surface area contributed by atoms with Gasteiger partial charge in [0, 0.05) is 39.3 Å². The first kappa shape index (κ1) is 18.7. The molecule has 2 fully saturated rings. The molecule has 0 radical (unpaired) electrons. The summed E-state index contributed by atoms with van der Waals surface area (Å²) < 4.78 is 0. The molecule has 2 saturated heterocycles. The molecule has 2 heterocycles. The lowest BCUT2D eigenvalue weighted by molar-refractivity contribution is -0.129. The minimum Gasteiger partial charge on any atom is -0.336 e. The number of nitrogens with zero attached hydrogens (tertiary/aromatic N) is 3. The fourth-order valence-electron chi connectivity index (χ4n) is 4.05. The van der Waals surface area contributed by atoms with Gasteiger partial charge in [0.2, 0.25) is 5.91 Å². The lowest BCUT2D eigenvalue weighted by atomic mass is 9.96. The number of amides is 3. The Morgan fingerprint density at radius 2 is 1.43 bits per heavy atom. The van der Waals surface area contributed by atoms with Crippen LogP contribution < -0.4 is 5.32 Å². The van der Waals surface area contributed by atoms with Crippen molar-refractivity contribution in [2.24, 2.45) is 0 Å². The second-order valence-electron chi connectivity index (χ2n) is 7.31. The van der Waals surface area contributed by atoms with Gasteiger partial charge in [0.25, 0.3) is 0 Å². The van der Waals surface area contributed by atoms with Crippen LogP contribution in [0.15, 0.2) is 60.7 Å². The molecule has 4 rings (SSSR count). The zero-order chi connectivity index (χ0) is 19.3. The van der Waals surface area contributed by atoms with Gasteiger partial charge in [-0.05, 0) is 11.1 Å². The number of carbonyl (C=O) groups excluding carboxylic acids is 2. The Balaban J connectivity index is 1.42. The van der Waals surface area contributed by atoms with Crippen molar-refractivity contribution in [3.8, 4) is 0 Å². The molecule has 2 aliphatic heterocycles. The van der Waals surface area contributed by atoms with Gasteiger partial charge in [-0.15, -0.1) is 0 Å². The van der Waals surface area contributed by atoms with Gasteiger partial charge in [-0.1, -0.05) is 60.7 Å². The van der Waals surface area contributed by atoms with E-state index in [1.165, 1.54) is 16.0 Å². The van der Waals surface area contributed by atoms with Crippen molar-refractivity contribution in [1.82, 2.24) is 20.0 Å². The van der Waals surface area contributed by atoms with E-state index in [1.54, 1.807) is 0 Å². The topological polar surface area (TPSA) is 55.9 Å². The van der Waals surface area contributed by atoms with E-state index >= 15 is 0 Å². The predicted octanol–water partition coefficient (Wildman–Crippen LogP) is 1.95. The van der Waals surface area contributed by atoms with Gasteiger partial charge < -0.3 is 5.32 Å². The van der Waals surface area contributed by atoms with Crippen LogP contribution in [0.2, 0.25) is 0 Å². The van der Waals surface area contributed by atoms with Crippen molar-refractivity contribution in [1.29, 1.82) is 0 Å². The van der Waals surface area contributed by atoms with Crippen molar-refractivity contribution < 1.29 is 9.59 Å². The maximum Gasteiger partial charge on any atom is 0.324 e. The highest BCUT2D eigenvalue weighted by molar-refractivity contribution is 5.96. The largest absolute Gasteiger partial charge is 0.336 e. The number of benzene rings is 2. The summed E-state index contributed by atoms with van der Waals surface area (Å²) in [4.78, 5) is 30.0. The zero-order valence-corrected chi connectivity index (χ0v) is 16.0. The van der Waals surface area contributed by atoms with Crippen molar-refractivity contribution in [2.75, 3.05) is 45.8 Å². The molecule has 2 aliphatic rings. The number of nitrogens with one attached hydrogen (secondary N) is 1. The Bertz CT molecular complexity index is 764. The fourth-order valence-corrected chi connectivity index (χ4v) is 4.05. The lowest BCUT2D eigenvalue weighted by Gasteiger charge is -2.39. The molecule has 0 atom stereocenters. The highest BCUT2D eigenvalue weighted by atomic mass is 16.2. The van der Waals surface area contributed by atoms with Crippen LogP contribution in [-0.2, 0) is 4.79 Å². The highest BCUT2D eigenvalue weighted by Crippen LogP contribution is 2.29. The van der Waals surface area contributed by atoms with Gasteiger partial charge in [0.1, 0.15) is 0 Å². The third-order valence-corrected chi connectivity index (χ3v) is 5.52. The summed E-state index contributed by atoms with van der Waals surface area (Å²) in [5, 5.41) is 2.69. The molecule has 6 nitrogen and oxygen atoms in total. The maximum absolute atomic E-state index is 12.4. The Morgan fingerprint density at radius 1 is 0.857 bits per heavy atom. The zero-order valence-electron chi connectivity index (χ0n) is 16.0. The summed E-state index contributed by atoms with van der Waals surface area (Å²) in [6.45, 7) is 4.73. The first-order valence-electron chi connectivity index (χ1n) is 9.87. The highest BCUT2D eigenvalue weighted by Gasteiger charge is 2.30. The van der Waals surface area contributed by atoms with Crippen LogP contribution in [0.4, 0.5) is 4.79 Å². The molecule has 0 saturated carbocycles. The van der Waals surface area contributed by atoms with Crippen molar-refractivity contribution in [3.63, 3.8) is 0 Å². The molecule has 0 unspecified atom stereocenters. The van der Waals surface area contributed by atoms with Crippen LogP contribution >= 0.6 is 0 Å². The number of hydrogen-bond acceptors (Lipinski definition) is 4. The Hall–Kier alpha value is -2.70. The second kappa shape index (κ2) is 8.54. The summed E-state index contributed by atoms with van der Waals surface area (Å²) >= 11 is 0. The van der Waals surface area contributed by atoms with E-state index in [9.17, 15) is 9.59 Å². The summed E-state index contributed by atoms with van der Waals surface area (Å²) in [7, 11) is 0. The summed E-state index contributed by atoms with van der Waals surface area (Å²) in [6, 6.07) is 21.1. The second-order valence-corrected chi connectivity index (χ2v) is 7.31. The molecule has 0 bridgehead atoms. The molecule has 3 amide bonds. The first-order valence-corrected chi connectivity index (χ1v) is 9.87. The Kier molecular flexibility index (Phi) is 5.69. The van der Waals surface area contributed by atoms with E-state index in [0.717, 1.165) is 26.2 Å². The van der Waals surface area contributed by atoms with E-state index in [2.05, 4.69) is 63.6 Å².